The molecular formula is C20H28N+. The molecule has 2 bridgehead atoms. The molecule has 4 rings (SSSR count). The molecule has 1 saturated heterocycles. The van der Waals surface area contributed by atoms with E-state index in [9.17, 15) is 0 Å². The minimum Gasteiger partial charge on any atom is -0.320 e. The molecule has 0 N–H and O–H groups in total. The first-order valence-electron chi connectivity index (χ1n) is 8.73. The van der Waals surface area contributed by atoms with E-state index in [1.807, 2.05) is 0 Å². The largest absolute Gasteiger partial charge is 0.320 e. The third-order valence-electron chi connectivity index (χ3n) is 6.96. The summed E-state index contributed by atoms with van der Waals surface area (Å²) >= 11 is 0. The third kappa shape index (κ3) is 1.80. The van der Waals surface area contributed by atoms with Gasteiger partial charge < -0.3 is 4.48 Å². The van der Waals surface area contributed by atoms with E-state index in [2.05, 4.69) is 44.0 Å². The highest BCUT2D eigenvalue weighted by molar-refractivity contribution is 5.40. The van der Waals surface area contributed by atoms with Crippen molar-refractivity contribution in [2.75, 3.05) is 20.1 Å². The molecule has 1 aromatic rings. The van der Waals surface area contributed by atoms with Crippen molar-refractivity contribution >= 4 is 0 Å². The Morgan fingerprint density at radius 3 is 3.00 bits per heavy atom. The molecule has 0 amide bonds. The topological polar surface area (TPSA) is 0 Å². The van der Waals surface area contributed by atoms with E-state index < -0.39 is 0 Å². The van der Waals surface area contributed by atoms with Crippen LogP contribution in [0.25, 0.3) is 0 Å². The summed E-state index contributed by atoms with van der Waals surface area (Å²) in [5, 5.41) is 0. The van der Waals surface area contributed by atoms with Crippen LogP contribution in [0.1, 0.15) is 43.2 Å². The predicted octanol–water partition coefficient (Wildman–Crippen LogP) is 4.08. The number of benzene rings is 1. The minimum atomic E-state index is 0.511. The fraction of sp³-hybridized carbons (Fsp3) is 0.600. The molecule has 4 atom stereocenters. The van der Waals surface area contributed by atoms with E-state index in [-0.39, 0.29) is 0 Å². The number of hydrogen-bond acceptors (Lipinski definition) is 0. The van der Waals surface area contributed by atoms with Gasteiger partial charge in [-0.25, -0.2) is 0 Å². The van der Waals surface area contributed by atoms with Crippen molar-refractivity contribution in [1.29, 1.82) is 0 Å². The second kappa shape index (κ2) is 4.71. The van der Waals surface area contributed by atoms with Gasteiger partial charge >= 0.3 is 0 Å². The number of likely N-dealkylation sites (N-methyl/N-ethyl adjacent to an activating group) is 1. The molecule has 112 valence electrons. The highest BCUT2D eigenvalue weighted by Gasteiger charge is 2.58. The SMILES string of the molecule is C=CC[N+]1(C)CC[C@]23CCCC[C@H]2[C@H]1Cc1ccccc13. The zero-order chi connectivity index (χ0) is 14.5. The Morgan fingerprint density at radius 2 is 2.14 bits per heavy atom. The summed E-state index contributed by atoms with van der Waals surface area (Å²) in [4.78, 5) is 0. The van der Waals surface area contributed by atoms with Gasteiger partial charge in [-0.2, -0.15) is 0 Å². The van der Waals surface area contributed by atoms with Gasteiger partial charge in [-0.1, -0.05) is 43.7 Å². The molecule has 0 spiro atoms. The fourth-order valence-corrected chi connectivity index (χ4v) is 5.96. The maximum Gasteiger partial charge on any atom is 0.0971 e. The third-order valence-corrected chi connectivity index (χ3v) is 6.96. The molecule has 0 aromatic heterocycles. The van der Waals surface area contributed by atoms with Crippen LogP contribution < -0.4 is 0 Å². The zero-order valence-corrected chi connectivity index (χ0v) is 13.4. The number of likely N-dealkylation sites (tertiary alicyclic amines) is 1. The number of hydrogen-bond donors (Lipinski definition) is 0. The monoisotopic (exact) mass is 282 g/mol. The first kappa shape index (κ1) is 13.6. The van der Waals surface area contributed by atoms with Crippen LogP contribution in [-0.2, 0) is 11.8 Å². The van der Waals surface area contributed by atoms with Crippen LogP contribution in [0, 0.1) is 5.92 Å². The molecular weight excluding hydrogens is 254 g/mol. The van der Waals surface area contributed by atoms with E-state index in [1.54, 1.807) is 11.1 Å². The van der Waals surface area contributed by atoms with E-state index >= 15 is 0 Å². The Morgan fingerprint density at radius 1 is 1.29 bits per heavy atom. The summed E-state index contributed by atoms with van der Waals surface area (Å²) in [6, 6.07) is 10.2. The van der Waals surface area contributed by atoms with Crippen LogP contribution in [-0.4, -0.2) is 30.7 Å². The highest BCUT2D eigenvalue weighted by atomic mass is 15.4. The van der Waals surface area contributed by atoms with Crippen molar-refractivity contribution in [2.24, 2.45) is 5.92 Å². The Balaban J connectivity index is 1.85. The molecule has 1 nitrogen and oxygen atoms in total. The van der Waals surface area contributed by atoms with E-state index in [0.29, 0.717) is 5.41 Å². The summed E-state index contributed by atoms with van der Waals surface area (Å²) in [6.07, 6.45) is 10.6. The molecule has 0 radical (unpaired) electrons. The highest BCUT2D eigenvalue weighted by Crippen LogP contribution is 2.56. The van der Waals surface area contributed by atoms with Gasteiger partial charge in [-0.05, 0) is 30.0 Å². The van der Waals surface area contributed by atoms with Crippen LogP contribution >= 0.6 is 0 Å². The van der Waals surface area contributed by atoms with Gasteiger partial charge in [-0.3, -0.25) is 0 Å². The van der Waals surface area contributed by atoms with Crippen molar-refractivity contribution in [3.63, 3.8) is 0 Å². The van der Waals surface area contributed by atoms with Gasteiger partial charge in [0.2, 0.25) is 0 Å². The van der Waals surface area contributed by atoms with Gasteiger partial charge in [0.1, 0.15) is 0 Å². The lowest BCUT2D eigenvalue weighted by molar-refractivity contribution is -0.940. The van der Waals surface area contributed by atoms with Crippen LogP contribution in [0.15, 0.2) is 36.9 Å². The smallest absolute Gasteiger partial charge is 0.0971 e. The van der Waals surface area contributed by atoms with Gasteiger partial charge in [0, 0.05) is 24.2 Å². The standard InChI is InChI=1S/C20H28N/c1-3-13-21(2)14-12-20-11-7-6-10-18(20)19(21)15-16-8-4-5-9-17(16)20/h3-5,8-9,18-19H,1,6-7,10-15H2,2H3/q+1/t18-,19+,20-,21?/m0/s1. The first-order chi connectivity index (χ1) is 10.2. The quantitative estimate of drug-likeness (QED) is 0.566. The second-order valence-electron chi connectivity index (χ2n) is 7.86. The predicted molar refractivity (Wildman–Crippen MR) is 88.3 cm³/mol. The summed E-state index contributed by atoms with van der Waals surface area (Å²) in [5.74, 6) is 0.903. The average molecular weight is 282 g/mol. The van der Waals surface area contributed by atoms with Crippen LogP contribution in [0.2, 0.25) is 0 Å². The van der Waals surface area contributed by atoms with E-state index in [4.69, 9.17) is 0 Å². The summed E-state index contributed by atoms with van der Waals surface area (Å²) < 4.78 is 1.23. The van der Waals surface area contributed by atoms with E-state index in [1.165, 1.54) is 49.6 Å². The Kier molecular flexibility index (Phi) is 3.04. The Hall–Kier alpha value is -1.08. The number of fused-ring (bicyclic) bond motifs is 1. The van der Waals surface area contributed by atoms with Crippen LogP contribution in [0.3, 0.4) is 0 Å². The lowest BCUT2D eigenvalue weighted by Gasteiger charge is -2.61. The summed E-state index contributed by atoms with van der Waals surface area (Å²) in [6.45, 7) is 6.51. The lowest BCUT2D eigenvalue weighted by Crippen LogP contribution is -2.68. The molecule has 1 aliphatic heterocycles. The Bertz CT molecular complexity index is 563. The second-order valence-corrected chi connectivity index (χ2v) is 7.86. The van der Waals surface area contributed by atoms with Gasteiger partial charge in [0.25, 0.3) is 0 Å². The van der Waals surface area contributed by atoms with Crippen molar-refractivity contribution in [3.05, 3.63) is 48.0 Å². The molecule has 3 aliphatic rings. The van der Waals surface area contributed by atoms with Crippen LogP contribution in [0.4, 0.5) is 0 Å². The van der Waals surface area contributed by atoms with Crippen molar-refractivity contribution < 1.29 is 4.48 Å². The number of nitrogens with zero attached hydrogens (tertiary/aromatic N) is 1. The Labute approximate surface area is 129 Å². The van der Waals surface area contributed by atoms with Crippen molar-refractivity contribution in [1.82, 2.24) is 0 Å². The fourth-order valence-electron chi connectivity index (χ4n) is 5.96. The normalized spacial score (nSPS) is 41.0. The maximum absolute atomic E-state index is 4.04. The van der Waals surface area contributed by atoms with Crippen molar-refractivity contribution in [2.45, 2.75) is 50.0 Å². The maximum atomic E-state index is 4.04. The minimum absolute atomic E-state index is 0.511. The summed E-state index contributed by atoms with van der Waals surface area (Å²) in [5.41, 5.74) is 3.88. The van der Waals surface area contributed by atoms with Crippen LogP contribution in [0.5, 0.6) is 0 Å². The average Bonchev–Trinajstić information content (AvgIpc) is 2.52. The van der Waals surface area contributed by atoms with Gasteiger partial charge in [-0.15, -0.1) is 0 Å². The molecule has 1 aromatic carbocycles. The molecule has 1 heteroatoms. The molecule has 2 aliphatic carbocycles. The lowest BCUT2D eigenvalue weighted by atomic mass is 9.52. The van der Waals surface area contributed by atoms with Gasteiger partial charge in [0.15, 0.2) is 0 Å². The number of piperidine rings is 1. The van der Waals surface area contributed by atoms with Gasteiger partial charge in [0.05, 0.1) is 26.2 Å². The molecule has 1 unspecified atom stereocenters. The zero-order valence-electron chi connectivity index (χ0n) is 13.4. The molecule has 21 heavy (non-hydrogen) atoms. The van der Waals surface area contributed by atoms with Crippen molar-refractivity contribution in [3.8, 4) is 0 Å². The number of quaternary nitrogens is 1. The molecule has 1 heterocycles. The first-order valence-corrected chi connectivity index (χ1v) is 8.73. The molecule has 2 fully saturated rings. The number of rotatable bonds is 2. The molecule has 1 saturated carbocycles. The van der Waals surface area contributed by atoms with E-state index in [0.717, 1.165) is 18.5 Å². The summed E-state index contributed by atoms with van der Waals surface area (Å²) in [7, 11) is 2.48.